The van der Waals surface area contributed by atoms with Gasteiger partial charge in [-0.05, 0) is 25.8 Å². The number of benzene rings is 1. The Bertz CT molecular complexity index is 905. The van der Waals surface area contributed by atoms with Crippen LogP contribution < -0.4 is 5.32 Å². The Hall–Kier alpha value is -2.15. The van der Waals surface area contributed by atoms with Crippen molar-refractivity contribution in [2.24, 2.45) is 5.92 Å². The van der Waals surface area contributed by atoms with Crippen molar-refractivity contribution in [2.75, 3.05) is 5.75 Å². The van der Waals surface area contributed by atoms with Crippen LogP contribution in [-0.2, 0) is 11.3 Å². The number of para-hydroxylation sites is 1. The summed E-state index contributed by atoms with van der Waals surface area (Å²) in [5, 5.41) is 13.1. The van der Waals surface area contributed by atoms with Gasteiger partial charge in [-0.1, -0.05) is 43.8 Å². The number of amides is 1. The Kier molecular flexibility index (Phi) is 5.22. The Morgan fingerprint density at radius 3 is 2.72 bits per heavy atom. The molecule has 1 N–H and O–H groups in total. The van der Waals surface area contributed by atoms with Crippen molar-refractivity contribution in [2.45, 2.75) is 45.4 Å². The first-order chi connectivity index (χ1) is 12.0. The van der Waals surface area contributed by atoms with E-state index < -0.39 is 0 Å². The van der Waals surface area contributed by atoms with E-state index in [0.717, 1.165) is 28.6 Å². The number of aromatic nitrogens is 4. The molecule has 6 nitrogen and oxygen atoms in total. The Morgan fingerprint density at radius 2 is 2.00 bits per heavy atom. The van der Waals surface area contributed by atoms with Crippen LogP contribution in [0.2, 0.25) is 0 Å². The minimum Gasteiger partial charge on any atom is -0.353 e. The van der Waals surface area contributed by atoms with Crippen molar-refractivity contribution in [3.05, 3.63) is 24.3 Å². The number of fused-ring (bicyclic) bond motifs is 3. The lowest BCUT2D eigenvalue weighted by atomic mass is 10.1. The summed E-state index contributed by atoms with van der Waals surface area (Å²) >= 11 is 1.32. The number of hydrogen-bond acceptors (Lipinski definition) is 5. The van der Waals surface area contributed by atoms with Crippen molar-refractivity contribution >= 4 is 39.7 Å². The highest BCUT2D eigenvalue weighted by Gasteiger charge is 2.15. The van der Waals surface area contributed by atoms with Crippen molar-refractivity contribution in [1.82, 2.24) is 25.1 Å². The van der Waals surface area contributed by atoms with Gasteiger partial charge in [0.05, 0.1) is 11.3 Å². The smallest absolute Gasteiger partial charge is 0.230 e. The Morgan fingerprint density at radius 1 is 1.24 bits per heavy atom. The van der Waals surface area contributed by atoms with Crippen LogP contribution in [0.3, 0.4) is 0 Å². The number of carbonyl (C=O) groups is 1. The van der Waals surface area contributed by atoms with E-state index in [1.807, 2.05) is 25.1 Å². The van der Waals surface area contributed by atoms with E-state index in [1.165, 1.54) is 11.8 Å². The SMILES string of the molecule is CCn1c2ccccc2c2nnc(SCC(=O)NC(C)C(C)C)nc21. The Labute approximate surface area is 151 Å². The van der Waals surface area contributed by atoms with E-state index >= 15 is 0 Å². The molecule has 25 heavy (non-hydrogen) atoms. The molecule has 0 radical (unpaired) electrons. The second kappa shape index (κ2) is 7.39. The van der Waals surface area contributed by atoms with Gasteiger partial charge >= 0.3 is 0 Å². The summed E-state index contributed by atoms with van der Waals surface area (Å²) in [7, 11) is 0. The molecule has 3 aromatic rings. The minimum absolute atomic E-state index is 0.00840. The zero-order chi connectivity index (χ0) is 18.0. The van der Waals surface area contributed by atoms with E-state index in [0.29, 0.717) is 11.1 Å². The van der Waals surface area contributed by atoms with E-state index in [2.05, 4.69) is 51.9 Å². The van der Waals surface area contributed by atoms with E-state index in [9.17, 15) is 4.79 Å². The predicted molar refractivity (Wildman–Crippen MR) is 102 cm³/mol. The summed E-state index contributed by atoms with van der Waals surface area (Å²) in [6.45, 7) is 9.07. The van der Waals surface area contributed by atoms with E-state index in [1.54, 1.807) is 0 Å². The average molecular weight is 357 g/mol. The first-order valence-electron chi connectivity index (χ1n) is 8.55. The molecule has 0 aliphatic heterocycles. The fourth-order valence-corrected chi connectivity index (χ4v) is 3.26. The maximum Gasteiger partial charge on any atom is 0.230 e. The van der Waals surface area contributed by atoms with Crippen LogP contribution in [0.25, 0.3) is 22.1 Å². The van der Waals surface area contributed by atoms with Gasteiger partial charge in [-0.15, -0.1) is 10.2 Å². The normalized spacial score (nSPS) is 12.8. The van der Waals surface area contributed by atoms with Gasteiger partial charge in [0, 0.05) is 18.0 Å². The average Bonchev–Trinajstić information content (AvgIpc) is 2.92. The molecule has 0 aliphatic carbocycles. The molecule has 7 heteroatoms. The van der Waals surface area contributed by atoms with Crippen molar-refractivity contribution < 1.29 is 4.79 Å². The third-order valence-electron chi connectivity index (χ3n) is 4.39. The maximum absolute atomic E-state index is 12.0. The quantitative estimate of drug-likeness (QED) is 0.686. The zero-order valence-corrected chi connectivity index (χ0v) is 15.8. The van der Waals surface area contributed by atoms with Crippen LogP contribution in [0.4, 0.5) is 0 Å². The third kappa shape index (κ3) is 3.61. The highest BCUT2D eigenvalue weighted by molar-refractivity contribution is 7.99. The topological polar surface area (TPSA) is 72.7 Å². The van der Waals surface area contributed by atoms with Crippen molar-refractivity contribution in [1.29, 1.82) is 0 Å². The van der Waals surface area contributed by atoms with Gasteiger partial charge in [0.1, 0.15) is 5.52 Å². The van der Waals surface area contributed by atoms with E-state index in [-0.39, 0.29) is 17.7 Å². The zero-order valence-electron chi connectivity index (χ0n) is 15.0. The van der Waals surface area contributed by atoms with Crippen molar-refractivity contribution in [3.8, 4) is 0 Å². The summed E-state index contributed by atoms with van der Waals surface area (Å²) in [5.41, 5.74) is 2.73. The number of aryl methyl sites for hydroxylation is 1. The highest BCUT2D eigenvalue weighted by atomic mass is 32.2. The molecule has 0 bridgehead atoms. The number of nitrogens with one attached hydrogen (secondary N) is 1. The second-order valence-corrected chi connectivity index (χ2v) is 7.36. The lowest BCUT2D eigenvalue weighted by molar-refractivity contribution is -0.119. The molecule has 2 aromatic heterocycles. The summed E-state index contributed by atoms with van der Waals surface area (Å²) in [6, 6.07) is 8.25. The van der Waals surface area contributed by atoms with Gasteiger partial charge in [-0.3, -0.25) is 4.79 Å². The molecule has 1 amide bonds. The monoisotopic (exact) mass is 357 g/mol. The van der Waals surface area contributed by atoms with Gasteiger partial charge in [-0.2, -0.15) is 0 Å². The van der Waals surface area contributed by atoms with Crippen LogP contribution in [0.15, 0.2) is 29.4 Å². The molecule has 1 unspecified atom stereocenters. The van der Waals surface area contributed by atoms with Gasteiger partial charge in [-0.25, -0.2) is 4.98 Å². The van der Waals surface area contributed by atoms with Gasteiger partial charge < -0.3 is 9.88 Å². The fraction of sp³-hybridized carbons (Fsp3) is 0.444. The van der Waals surface area contributed by atoms with Gasteiger partial charge in [0.15, 0.2) is 5.65 Å². The molecule has 2 heterocycles. The lowest BCUT2D eigenvalue weighted by Crippen LogP contribution is -2.37. The van der Waals surface area contributed by atoms with Crippen LogP contribution >= 0.6 is 11.8 Å². The molecule has 132 valence electrons. The molecule has 3 rings (SSSR count). The van der Waals surface area contributed by atoms with Crippen molar-refractivity contribution in [3.63, 3.8) is 0 Å². The third-order valence-corrected chi connectivity index (χ3v) is 5.23. The standard InChI is InChI=1S/C18H23N5OS/c1-5-23-14-9-7-6-8-13(14)16-17(23)20-18(22-21-16)25-10-15(24)19-12(4)11(2)3/h6-9,11-12H,5,10H2,1-4H3,(H,19,24). The van der Waals surface area contributed by atoms with Crippen LogP contribution in [-0.4, -0.2) is 37.5 Å². The number of hydrogen-bond donors (Lipinski definition) is 1. The number of nitrogens with zero attached hydrogens (tertiary/aromatic N) is 4. The van der Waals surface area contributed by atoms with Gasteiger partial charge in [0.25, 0.3) is 0 Å². The lowest BCUT2D eigenvalue weighted by Gasteiger charge is -2.16. The molecule has 0 saturated heterocycles. The van der Waals surface area contributed by atoms with Crippen LogP contribution in [0, 0.1) is 5.92 Å². The minimum atomic E-state index is -0.00840. The molecule has 0 spiro atoms. The Balaban J connectivity index is 1.82. The van der Waals surface area contributed by atoms with E-state index in [4.69, 9.17) is 0 Å². The predicted octanol–water partition coefficient (Wildman–Crippen LogP) is 3.25. The fourth-order valence-electron chi connectivity index (χ4n) is 2.66. The highest BCUT2D eigenvalue weighted by Crippen LogP contribution is 2.26. The van der Waals surface area contributed by atoms with Gasteiger partial charge in [0.2, 0.25) is 11.1 Å². The number of thioether (sulfide) groups is 1. The first kappa shape index (κ1) is 17.7. The van der Waals surface area contributed by atoms with Crippen LogP contribution in [0.5, 0.6) is 0 Å². The number of carbonyl (C=O) groups excluding carboxylic acids is 1. The maximum atomic E-state index is 12.0. The molecule has 1 atom stereocenters. The second-order valence-electron chi connectivity index (χ2n) is 6.42. The summed E-state index contributed by atoms with van der Waals surface area (Å²) < 4.78 is 2.13. The molecule has 0 aliphatic rings. The molecule has 1 aromatic carbocycles. The summed E-state index contributed by atoms with van der Waals surface area (Å²) in [5.74, 6) is 0.686. The molecule has 0 fully saturated rings. The largest absolute Gasteiger partial charge is 0.353 e. The number of rotatable bonds is 6. The summed E-state index contributed by atoms with van der Waals surface area (Å²) in [4.78, 5) is 16.7. The molecule has 0 saturated carbocycles. The molecular formula is C18H23N5OS. The molecular weight excluding hydrogens is 334 g/mol. The summed E-state index contributed by atoms with van der Waals surface area (Å²) in [6.07, 6.45) is 0. The first-order valence-corrected chi connectivity index (χ1v) is 9.53. The van der Waals surface area contributed by atoms with Crippen LogP contribution in [0.1, 0.15) is 27.7 Å².